The molecule has 0 amide bonds. The van der Waals surface area contributed by atoms with E-state index < -0.39 is 10.1 Å². The lowest BCUT2D eigenvalue weighted by Gasteiger charge is -2.09. The van der Waals surface area contributed by atoms with Crippen LogP contribution in [0.3, 0.4) is 0 Å². The highest BCUT2D eigenvalue weighted by atomic mass is 127. The Bertz CT molecular complexity index is 1170. The minimum absolute atomic E-state index is 0.0556. The predicted molar refractivity (Wildman–Crippen MR) is 110 cm³/mol. The molecule has 0 radical (unpaired) electrons. The number of imidazole rings is 1. The van der Waals surface area contributed by atoms with Crippen LogP contribution in [0.25, 0.3) is 11.2 Å². The Balaban J connectivity index is 1.71. The number of rotatable bonds is 6. The number of halogens is 1. The molecule has 0 unspecified atom stereocenters. The molecule has 0 atom stereocenters. The van der Waals surface area contributed by atoms with E-state index in [1.807, 2.05) is 12.1 Å². The van der Waals surface area contributed by atoms with Crippen molar-refractivity contribution >= 4 is 61.5 Å². The van der Waals surface area contributed by atoms with Gasteiger partial charge in [0, 0.05) is 8.47 Å². The van der Waals surface area contributed by atoms with Crippen LogP contribution in [-0.2, 0) is 20.8 Å². The summed E-state index contributed by atoms with van der Waals surface area (Å²) in [6.07, 6.45) is 2.34. The molecule has 2 aromatic heterocycles. The van der Waals surface area contributed by atoms with E-state index in [9.17, 15) is 8.42 Å². The first-order chi connectivity index (χ1) is 13.3. The predicted octanol–water partition coefficient (Wildman–Crippen LogP) is 1.87. The number of ether oxygens (including phenoxy) is 2. The Kier molecular flexibility index (Phi) is 5.24. The molecule has 0 saturated carbocycles. The molecule has 0 spiro atoms. The Morgan fingerprint density at radius 1 is 1.32 bits per heavy atom. The first-order valence-electron chi connectivity index (χ1n) is 7.90. The Labute approximate surface area is 178 Å². The van der Waals surface area contributed by atoms with Crippen molar-refractivity contribution in [3.63, 3.8) is 0 Å². The van der Waals surface area contributed by atoms with Gasteiger partial charge >= 0.3 is 0 Å². The smallest absolute Gasteiger partial charge is 0.264 e. The maximum absolute atomic E-state index is 11.3. The van der Waals surface area contributed by atoms with Crippen LogP contribution in [0.4, 0.5) is 5.82 Å². The summed E-state index contributed by atoms with van der Waals surface area (Å²) in [5, 5.41) is 0.580. The first-order valence-corrected chi connectivity index (χ1v) is 11.6. The van der Waals surface area contributed by atoms with Crippen molar-refractivity contribution in [2.45, 2.75) is 16.6 Å². The number of nitrogens with zero attached hydrogens (tertiary/aromatic N) is 4. The molecule has 10 nitrogen and oxygen atoms in total. The van der Waals surface area contributed by atoms with Gasteiger partial charge < -0.3 is 19.8 Å². The summed E-state index contributed by atoms with van der Waals surface area (Å²) in [7, 11) is -3.55. The molecule has 0 bridgehead atoms. The van der Waals surface area contributed by atoms with E-state index in [4.69, 9.17) is 19.4 Å². The third kappa shape index (κ3) is 3.97. The minimum Gasteiger partial charge on any atom is -0.454 e. The number of fused-ring (bicyclic) bond motifs is 2. The van der Waals surface area contributed by atoms with Crippen LogP contribution in [0.5, 0.6) is 11.5 Å². The third-order valence-corrected chi connectivity index (χ3v) is 6.67. The van der Waals surface area contributed by atoms with Crippen LogP contribution in [-0.4, -0.2) is 47.6 Å². The lowest BCUT2D eigenvalue weighted by molar-refractivity contribution is 0.174. The lowest BCUT2D eigenvalue weighted by Crippen LogP contribution is -2.11. The van der Waals surface area contributed by atoms with Gasteiger partial charge in [-0.15, -0.1) is 0 Å². The van der Waals surface area contributed by atoms with E-state index in [1.165, 1.54) is 18.1 Å². The van der Waals surface area contributed by atoms with Gasteiger partial charge in [-0.25, -0.2) is 15.0 Å². The molecule has 1 aliphatic heterocycles. The number of nitrogens with two attached hydrogens (primary N) is 1. The van der Waals surface area contributed by atoms with Gasteiger partial charge in [0.05, 0.1) is 19.4 Å². The van der Waals surface area contributed by atoms with E-state index in [0.29, 0.717) is 27.8 Å². The number of benzene rings is 1. The Hall–Kier alpha value is -1.84. The molecule has 13 heteroatoms. The van der Waals surface area contributed by atoms with E-state index in [1.54, 1.807) is 4.57 Å². The molecule has 3 heterocycles. The summed E-state index contributed by atoms with van der Waals surface area (Å²) in [5.74, 6) is 1.60. The Morgan fingerprint density at radius 2 is 2.07 bits per heavy atom. The Morgan fingerprint density at radius 3 is 2.82 bits per heavy atom. The van der Waals surface area contributed by atoms with E-state index in [2.05, 4.69) is 37.5 Å². The third-order valence-electron chi connectivity index (χ3n) is 3.77. The summed E-state index contributed by atoms with van der Waals surface area (Å²) in [5.41, 5.74) is 6.88. The van der Waals surface area contributed by atoms with Crippen molar-refractivity contribution in [3.8, 4) is 11.5 Å². The second-order valence-electron chi connectivity index (χ2n) is 5.74. The molecule has 1 aliphatic rings. The number of hydrogen-bond acceptors (Lipinski definition) is 10. The van der Waals surface area contributed by atoms with Gasteiger partial charge in [0.2, 0.25) is 6.79 Å². The van der Waals surface area contributed by atoms with Crippen LogP contribution < -0.4 is 15.2 Å². The van der Waals surface area contributed by atoms with Crippen LogP contribution in [0, 0.1) is 3.57 Å². The molecule has 28 heavy (non-hydrogen) atoms. The number of hydrogen-bond donors (Lipinski definition) is 1. The van der Waals surface area contributed by atoms with Crippen LogP contribution in [0.1, 0.15) is 0 Å². The lowest BCUT2D eigenvalue weighted by atomic mass is 10.3. The molecule has 148 valence electrons. The van der Waals surface area contributed by atoms with E-state index in [0.717, 1.165) is 14.7 Å². The van der Waals surface area contributed by atoms with Gasteiger partial charge in [-0.1, -0.05) is 11.8 Å². The van der Waals surface area contributed by atoms with Crippen LogP contribution in [0.15, 0.2) is 28.5 Å². The van der Waals surface area contributed by atoms with E-state index >= 15 is 0 Å². The summed E-state index contributed by atoms with van der Waals surface area (Å²) in [6.45, 7) is 0.358. The number of nitrogen functional groups attached to an aromatic ring is 1. The molecule has 2 N–H and O–H groups in total. The highest BCUT2D eigenvalue weighted by Crippen LogP contribution is 2.41. The fourth-order valence-electron chi connectivity index (χ4n) is 2.57. The van der Waals surface area contributed by atoms with Crippen molar-refractivity contribution < 1.29 is 22.1 Å². The van der Waals surface area contributed by atoms with Crippen LogP contribution in [0.2, 0.25) is 0 Å². The molecule has 1 aromatic carbocycles. The summed E-state index contributed by atoms with van der Waals surface area (Å²) >= 11 is 3.59. The van der Waals surface area contributed by atoms with Crippen molar-refractivity contribution in [1.82, 2.24) is 19.5 Å². The number of anilines is 1. The normalized spacial score (nSPS) is 13.4. The largest absolute Gasteiger partial charge is 0.454 e. The topological polar surface area (TPSA) is 131 Å². The highest BCUT2D eigenvalue weighted by molar-refractivity contribution is 14.1. The molecule has 0 fully saturated rings. The molecule has 4 rings (SSSR count). The second-order valence-corrected chi connectivity index (χ2v) is 9.56. The fraction of sp³-hybridized carbons (Fsp3) is 0.267. The van der Waals surface area contributed by atoms with Crippen molar-refractivity contribution in [2.24, 2.45) is 0 Å². The van der Waals surface area contributed by atoms with Crippen molar-refractivity contribution in [1.29, 1.82) is 0 Å². The maximum Gasteiger partial charge on any atom is 0.264 e. The SMILES string of the molecule is CS(=O)(=O)OCCn1c(Sc2cc3c(cc2I)OCO3)nc2c(N)ncnc21. The van der Waals surface area contributed by atoms with Gasteiger partial charge in [-0.05, 0) is 34.7 Å². The average Bonchev–Trinajstić information content (AvgIpc) is 3.20. The zero-order chi connectivity index (χ0) is 19.9. The average molecular weight is 535 g/mol. The van der Waals surface area contributed by atoms with Gasteiger partial charge in [-0.2, -0.15) is 8.42 Å². The summed E-state index contributed by atoms with van der Waals surface area (Å²) in [6, 6.07) is 3.76. The minimum atomic E-state index is -3.55. The van der Waals surface area contributed by atoms with Crippen LogP contribution >= 0.6 is 34.4 Å². The molecule has 0 aliphatic carbocycles. The molecule has 3 aromatic rings. The van der Waals surface area contributed by atoms with Crippen molar-refractivity contribution in [2.75, 3.05) is 25.4 Å². The van der Waals surface area contributed by atoms with Gasteiger partial charge in [-0.3, -0.25) is 4.18 Å². The number of aromatic nitrogens is 4. The quantitative estimate of drug-likeness (QED) is 0.369. The first kappa shape index (κ1) is 19.5. The molecule has 0 saturated heterocycles. The zero-order valence-electron chi connectivity index (χ0n) is 14.5. The molecular formula is C15H14IN5O5S2. The van der Waals surface area contributed by atoms with Gasteiger partial charge in [0.15, 0.2) is 33.6 Å². The molecular weight excluding hydrogens is 521 g/mol. The van der Waals surface area contributed by atoms with E-state index in [-0.39, 0.29) is 25.8 Å². The maximum atomic E-state index is 11.3. The standard InChI is InChI=1S/C15H14IN5O5S2/c1-28(22,23)26-3-2-21-14-12(13(17)18-6-19-14)20-15(21)27-11-5-10-9(4-8(11)16)24-7-25-10/h4-6H,2-3,7H2,1H3,(H2,17,18,19). The van der Waals surface area contributed by atoms with Gasteiger partial charge in [0.25, 0.3) is 10.1 Å². The second kappa shape index (κ2) is 7.53. The zero-order valence-corrected chi connectivity index (χ0v) is 18.2. The van der Waals surface area contributed by atoms with Gasteiger partial charge in [0.1, 0.15) is 6.33 Å². The summed E-state index contributed by atoms with van der Waals surface area (Å²) < 4.78 is 41.0. The summed E-state index contributed by atoms with van der Waals surface area (Å²) in [4.78, 5) is 13.7. The fourth-order valence-corrected chi connectivity index (χ4v) is 4.66. The van der Waals surface area contributed by atoms with Crippen molar-refractivity contribution in [3.05, 3.63) is 22.0 Å². The monoisotopic (exact) mass is 535 g/mol. The highest BCUT2D eigenvalue weighted by Gasteiger charge is 2.21.